The van der Waals surface area contributed by atoms with Gasteiger partial charge in [-0.15, -0.1) is 0 Å². The predicted octanol–water partition coefficient (Wildman–Crippen LogP) is 1.93. The molecule has 5 aliphatic carbocycles. The summed E-state index contributed by atoms with van der Waals surface area (Å²) in [5, 5.41) is 77.2. The topological polar surface area (TPSA) is 196 Å². The highest BCUT2D eigenvalue weighted by Gasteiger charge is 2.85. The molecule has 0 radical (unpaired) electrons. The molecule has 12 heteroatoms. The van der Waals surface area contributed by atoms with Gasteiger partial charge in [0, 0.05) is 18.3 Å². The molecule has 0 amide bonds. The molecule has 0 aromatic heterocycles. The first-order valence-corrected chi connectivity index (χ1v) is 18.7. The van der Waals surface area contributed by atoms with Crippen LogP contribution in [0.1, 0.15) is 100 Å². The van der Waals surface area contributed by atoms with E-state index >= 15 is 0 Å². The van der Waals surface area contributed by atoms with E-state index in [9.17, 15) is 40.5 Å². The molecule has 4 saturated carbocycles. The molecular weight excluding hydrogens is 648 g/mol. The summed E-state index contributed by atoms with van der Waals surface area (Å²) in [6.45, 7) is 14.6. The minimum atomic E-state index is -1.92. The number of hydrogen-bond acceptors (Lipinski definition) is 12. The van der Waals surface area contributed by atoms with Crippen LogP contribution in [0, 0.1) is 44.8 Å². The molecule has 0 aromatic rings. The minimum absolute atomic E-state index is 0.0351. The number of allylic oxidation sites excluding steroid dienone is 1. The molecule has 2 heterocycles. The molecular formula is C38H60O12. The van der Waals surface area contributed by atoms with E-state index in [0.717, 1.165) is 32.1 Å². The molecule has 2 spiro atoms. The zero-order valence-corrected chi connectivity index (χ0v) is 30.8. The van der Waals surface area contributed by atoms with Crippen molar-refractivity contribution in [2.45, 2.75) is 167 Å². The van der Waals surface area contributed by atoms with Crippen LogP contribution in [-0.2, 0) is 23.7 Å². The second-order valence-corrected chi connectivity index (χ2v) is 18.8. The monoisotopic (exact) mass is 708 g/mol. The Kier molecular flexibility index (Phi) is 8.48. The Labute approximate surface area is 295 Å². The Morgan fingerprint density at radius 2 is 1.74 bits per heavy atom. The third-order valence-corrected chi connectivity index (χ3v) is 15.6. The van der Waals surface area contributed by atoms with Crippen molar-refractivity contribution in [1.29, 1.82) is 0 Å². The summed E-state index contributed by atoms with van der Waals surface area (Å²) in [5.74, 6) is -2.75. The molecule has 0 bridgehead atoms. The maximum absolute atomic E-state index is 12.6. The Balaban J connectivity index is 1.19. The van der Waals surface area contributed by atoms with E-state index < -0.39 is 89.7 Å². The average molecular weight is 709 g/mol. The lowest BCUT2D eigenvalue weighted by atomic mass is 9.44. The third-order valence-electron chi connectivity index (χ3n) is 15.6. The molecule has 6 fully saturated rings. The highest BCUT2D eigenvalue weighted by Crippen LogP contribution is 2.88. The fourth-order valence-electron chi connectivity index (χ4n) is 13.3. The molecule has 7 aliphatic rings. The molecule has 2 aliphatic heterocycles. The van der Waals surface area contributed by atoms with Crippen LogP contribution in [0.2, 0.25) is 0 Å². The maximum Gasteiger partial charge on any atom is 0.303 e. The van der Waals surface area contributed by atoms with E-state index in [1.807, 2.05) is 0 Å². The maximum atomic E-state index is 12.6. The molecule has 7 rings (SSSR count). The van der Waals surface area contributed by atoms with Crippen molar-refractivity contribution in [3.63, 3.8) is 0 Å². The van der Waals surface area contributed by atoms with Crippen molar-refractivity contribution in [2.24, 2.45) is 44.8 Å². The first-order chi connectivity index (χ1) is 23.1. The molecule has 17 atom stereocenters. The molecule has 7 N–H and O–H groups in total. The van der Waals surface area contributed by atoms with Crippen molar-refractivity contribution < 1.29 is 59.5 Å². The Morgan fingerprint density at radius 3 is 2.36 bits per heavy atom. The summed E-state index contributed by atoms with van der Waals surface area (Å²) in [4.78, 5) is 12.1. The Hall–Kier alpha value is -1.19. The quantitative estimate of drug-likeness (QED) is 0.157. The minimum Gasteiger partial charge on any atom is -0.457 e. The van der Waals surface area contributed by atoms with Crippen molar-refractivity contribution in [3.05, 3.63) is 11.6 Å². The van der Waals surface area contributed by atoms with Gasteiger partial charge >= 0.3 is 5.97 Å². The van der Waals surface area contributed by atoms with Crippen LogP contribution >= 0.6 is 0 Å². The van der Waals surface area contributed by atoms with Gasteiger partial charge in [0.25, 0.3) is 0 Å². The number of carbonyl (C=O) groups excluding carboxylic acids is 1. The SMILES string of the molecule is CC(=O)O[C@H]([C@H]1C[C@@H](C)[C@H]2[C@@](O)(O1)[C@H](O)[C@@]1(C)C3=CCC4C(C)(C)[C@@H](O[C@@H]5O[C@H](CO)[C@H](O)[C@H](O)[C@H]5O)CC[C@@]45C[C@@]35CC[C@]21C)C(C)(C)O. The zero-order chi connectivity index (χ0) is 36.8. The van der Waals surface area contributed by atoms with Crippen LogP contribution in [0.3, 0.4) is 0 Å². The van der Waals surface area contributed by atoms with Gasteiger partial charge in [0.1, 0.15) is 36.6 Å². The summed E-state index contributed by atoms with van der Waals surface area (Å²) in [6.07, 6.45) is -2.32. The second kappa shape index (κ2) is 11.4. The standard InChI is InChI=1S/C38H60O12/c1-18-15-20(29(33(5,6)45)47-19(2)40)50-38(46)28(18)34(7)13-14-37-17-36(37)12-11-24(49-30-27(43)26(42)25(41)21(16-39)48-30)32(3,4)22(36)9-10-23(37)35(34,8)31(38)44/h10,18,20-22,24-31,39,41-46H,9,11-17H2,1-8H3/t18-,20-,21-,22?,24+,25+,26+,27-,28-,29-,30+,31-,34-,35-,36-,37+,38-/m1/s1. The number of esters is 1. The lowest BCUT2D eigenvalue weighted by Crippen LogP contribution is -2.61. The largest absolute Gasteiger partial charge is 0.457 e. The summed E-state index contributed by atoms with van der Waals surface area (Å²) in [7, 11) is 0. The van der Waals surface area contributed by atoms with Crippen molar-refractivity contribution in [2.75, 3.05) is 6.61 Å². The van der Waals surface area contributed by atoms with E-state index in [-0.39, 0.29) is 34.2 Å². The molecule has 284 valence electrons. The van der Waals surface area contributed by atoms with Crippen LogP contribution in [0.25, 0.3) is 0 Å². The van der Waals surface area contributed by atoms with Crippen molar-refractivity contribution in [1.82, 2.24) is 0 Å². The summed E-state index contributed by atoms with van der Waals surface area (Å²) in [6, 6.07) is 0. The van der Waals surface area contributed by atoms with E-state index in [1.54, 1.807) is 13.8 Å². The number of rotatable bonds is 6. The number of aliphatic hydroxyl groups excluding tert-OH is 5. The zero-order valence-electron chi connectivity index (χ0n) is 30.8. The number of fused-ring (bicyclic) bond motifs is 4. The van der Waals surface area contributed by atoms with Gasteiger partial charge < -0.3 is 54.7 Å². The lowest BCUT2D eigenvalue weighted by Gasteiger charge is -2.60. The Morgan fingerprint density at radius 1 is 1.06 bits per heavy atom. The summed E-state index contributed by atoms with van der Waals surface area (Å²) in [5.41, 5.74) is -2.08. The Bertz CT molecular complexity index is 1410. The highest BCUT2D eigenvalue weighted by molar-refractivity contribution is 5.66. The fourth-order valence-corrected chi connectivity index (χ4v) is 13.3. The van der Waals surface area contributed by atoms with E-state index in [0.29, 0.717) is 12.8 Å². The van der Waals surface area contributed by atoms with Gasteiger partial charge in [-0.25, -0.2) is 0 Å². The van der Waals surface area contributed by atoms with Gasteiger partial charge in [-0.05, 0) is 92.3 Å². The van der Waals surface area contributed by atoms with Crippen LogP contribution < -0.4 is 0 Å². The van der Waals surface area contributed by atoms with Crippen molar-refractivity contribution in [3.8, 4) is 0 Å². The normalized spacial score (nSPS) is 54.2. The third kappa shape index (κ3) is 4.62. The van der Waals surface area contributed by atoms with Gasteiger partial charge in [0.15, 0.2) is 18.2 Å². The highest BCUT2D eigenvalue weighted by atomic mass is 16.7. The second-order valence-electron chi connectivity index (χ2n) is 18.8. The van der Waals surface area contributed by atoms with Crippen LogP contribution in [0.5, 0.6) is 0 Å². The van der Waals surface area contributed by atoms with Gasteiger partial charge in [0.2, 0.25) is 0 Å². The summed E-state index contributed by atoms with van der Waals surface area (Å²) < 4.78 is 24.3. The molecule has 2 saturated heterocycles. The van der Waals surface area contributed by atoms with Gasteiger partial charge in [-0.3, -0.25) is 4.79 Å². The number of ether oxygens (including phenoxy) is 4. The fraction of sp³-hybridized carbons (Fsp3) is 0.921. The first kappa shape index (κ1) is 37.1. The van der Waals surface area contributed by atoms with E-state index in [2.05, 4.69) is 40.7 Å². The van der Waals surface area contributed by atoms with E-state index in [4.69, 9.17) is 18.9 Å². The lowest BCUT2D eigenvalue weighted by molar-refractivity contribution is -0.341. The van der Waals surface area contributed by atoms with Gasteiger partial charge in [-0.2, -0.15) is 0 Å². The van der Waals surface area contributed by atoms with Gasteiger partial charge in [-0.1, -0.05) is 46.3 Å². The molecule has 50 heavy (non-hydrogen) atoms. The average Bonchev–Trinajstić information content (AvgIpc) is 3.66. The van der Waals surface area contributed by atoms with E-state index in [1.165, 1.54) is 12.5 Å². The summed E-state index contributed by atoms with van der Waals surface area (Å²) >= 11 is 0. The first-order valence-electron chi connectivity index (χ1n) is 18.7. The molecule has 0 aromatic carbocycles. The molecule has 12 nitrogen and oxygen atoms in total. The van der Waals surface area contributed by atoms with Crippen LogP contribution in [0.4, 0.5) is 0 Å². The predicted molar refractivity (Wildman–Crippen MR) is 178 cm³/mol. The number of aliphatic hydroxyl groups is 7. The van der Waals surface area contributed by atoms with Crippen molar-refractivity contribution >= 4 is 5.97 Å². The van der Waals surface area contributed by atoms with Crippen LogP contribution in [-0.4, -0.2) is 115 Å². The number of hydrogen-bond donors (Lipinski definition) is 7. The number of carbonyl (C=O) groups is 1. The molecule has 1 unspecified atom stereocenters. The smallest absolute Gasteiger partial charge is 0.303 e. The van der Waals surface area contributed by atoms with Crippen LogP contribution in [0.15, 0.2) is 11.6 Å². The van der Waals surface area contributed by atoms with Gasteiger partial charge in [0.05, 0.1) is 18.3 Å².